The molecule has 1 amide bonds. The van der Waals surface area contributed by atoms with E-state index in [1.54, 1.807) is 30.3 Å². The van der Waals surface area contributed by atoms with Crippen LogP contribution in [0.5, 0.6) is 0 Å². The molecule has 0 spiro atoms. The molecule has 0 unspecified atom stereocenters. The largest absolute Gasteiger partial charge is 0.298 e. The fourth-order valence-electron chi connectivity index (χ4n) is 3.26. The van der Waals surface area contributed by atoms with Gasteiger partial charge in [-0.15, -0.1) is 0 Å². The average Bonchev–Trinajstić information content (AvgIpc) is 3.38. The molecule has 4 rings (SSSR count). The maximum atomic E-state index is 12.4. The van der Waals surface area contributed by atoms with Crippen molar-refractivity contribution in [3.8, 4) is 0 Å². The molecule has 11 heteroatoms. The topological polar surface area (TPSA) is 125 Å². The van der Waals surface area contributed by atoms with Crippen molar-refractivity contribution in [2.45, 2.75) is 30.2 Å². The molecule has 0 radical (unpaired) electrons. The summed E-state index contributed by atoms with van der Waals surface area (Å²) in [6.07, 6.45) is 3.42. The highest BCUT2D eigenvalue weighted by molar-refractivity contribution is 7.92. The van der Waals surface area contributed by atoms with Gasteiger partial charge in [0.05, 0.1) is 22.5 Å². The normalized spacial score (nSPS) is 16.2. The Labute approximate surface area is 175 Å². The molecule has 160 valence electrons. The summed E-state index contributed by atoms with van der Waals surface area (Å²) >= 11 is 0. The molecule has 3 N–H and O–H groups in total. The Morgan fingerprint density at radius 3 is 2.37 bits per heavy atom. The lowest BCUT2D eigenvalue weighted by Crippen LogP contribution is -2.29. The Hall–Kier alpha value is -2.63. The van der Waals surface area contributed by atoms with Crippen LogP contribution in [0.2, 0.25) is 0 Å². The minimum absolute atomic E-state index is 0.0314. The lowest BCUT2D eigenvalue weighted by molar-refractivity contribution is 0.0962. The predicted molar refractivity (Wildman–Crippen MR) is 113 cm³/mol. The van der Waals surface area contributed by atoms with Crippen LogP contribution in [0.4, 0.5) is 11.4 Å². The summed E-state index contributed by atoms with van der Waals surface area (Å²) in [5.74, 6) is -0.386. The number of fused-ring (bicyclic) bond motifs is 1. The molecular weight excluding hydrogens is 428 g/mol. The molecule has 9 nitrogen and oxygen atoms in total. The van der Waals surface area contributed by atoms with Crippen LogP contribution in [0.3, 0.4) is 0 Å². The third-order valence-electron chi connectivity index (χ3n) is 4.98. The minimum Gasteiger partial charge on any atom is -0.298 e. The van der Waals surface area contributed by atoms with Crippen molar-refractivity contribution in [3.63, 3.8) is 0 Å². The van der Waals surface area contributed by atoms with Crippen LogP contribution in [-0.2, 0) is 26.5 Å². The summed E-state index contributed by atoms with van der Waals surface area (Å²) in [4.78, 5) is 12.6. The number of anilines is 2. The van der Waals surface area contributed by atoms with Gasteiger partial charge in [0, 0.05) is 18.2 Å². The summed E-state index contributed by atoms with van der Waals surface area (Å²) in [6.45, 7) is 0.363. The van der Waals surface area contributed by atoms with E-state index in [2.05, 4.69) is 15.6 Å². The third kappa shape index (κ3) is 4.42. The number of benzene rings is 2. The molecule has 0 atom stereocenters. The molecule has 2 aromatic rings. The van der Waals surface area contributed by atoms with Crippen molar-refractivity contribution in [1.29, 1.82) is 0 Å². The van der Waals surface area contributed by atoms with E-state index in [1.165, 1.54) is 16.4 Å². The lowest BCUT2D eigenvalue weighted by atomic mass is 10.1. The zero-order valence-electron chi connectivity index (χ0n) is 16.3. The first kappa shape index (κ1) is 20.6. The van der Waals surface area contributed by atoms with Crippen molar-refractivity contribution >= 4 is 37.3 Å². The van der Waals surface area contributed by atoms with Gasteiger partial charge >= 0.3 is 0 Å². The minimum atomic E-state index is -3.52. The number of carbonyl (C=O) groups is 1. The van der Waals surface area contributed by atoms with E-state index >= 15 is 0 Å². The lowest BCUT2D eigenvalue weighted by Gasteiger charge is -2.16. The quantitative estimate of drug-likeness (QED) is 0.545. The molecule has 1 fully saturated rings. The fourth-order valence-corrected chi connectivity index (χ4v) is 5.53. The summed E-state index contributed by atoms with van der Waals surface area (Å²) < 4.78 is 51.9. The summed E-state index contributed by atoms with van der Waals surface area (Å²) in [7, 11) is -6.86. The van der Waals surface area contributed by atoms with Gasteiger partial charge < -0.3 is 0 Å². The molecule has 1 aliphatic heterocycles. The van der Waals surface area contributed by atoms with Gasteiger partial charge in [-0.25, -0.2) is 21.6 Å². The molecular formula is C19H22N4O5S2. The van der Waals surface area contributed by atoms with E-state index in [-0.39, 0.29) is 16.8 Å². The Morgan fingerprint density at radius 1 is 1.03 bits per heavy atom. The smallest absolute Gasteiger partial charge is 0.269 e. The molecule has 1 heterocycles. The molecule has 2 aliphatic rings. The highest BCUT2D eigenvalue weighted by Crippen LogP contribution is 2.30. The number of hydrogen-bond acceptors (Lipinski definition) is 6. The number of rotatable bonds is 7. The zero-order valence-corrected chi connectivity index (χ0v) is 17.9. The number of hydrogen-bond donors (Lipinski definition) is 3. The van der Waals surface area contributed by atoms with Crippen molar-refractivity contribution < 1.29 is 21.6 Å². The number of amides is 1. The van der Waals surface area contributed by atoms with Crippen molar-refractivity contribution in [1.82, 2.24) is 10.1 Å². The first-order valence-electron chi connectivity index (χ1n) is 9.43. The van der Waals surface area contributed by atoms with E-state index in [0.717, 1.165) is 24.7 Å². The van der Waals surface area contributed by atoms with E-state index in [4.69, 9.17) is 0 Å². The molecule has 1 aliphatic carbocycles. The van der Waals surface area contributed by atoms with Crippen LogP contribution in [0.15, 0.2) is 47.4 Å². The van der Waals surface area contributed by atoms with Crippen LogP contribution < -0.4 is 19.9 Å². The van der Waals surface area contributed by atoms with E-state index in [9.17, 15) is 21.6 Å². The first-order chi connectivity index (χ1) is 14.1. The second-order valence-corrected chi connectivity index (χ2v) is 11.0. The van der Waals surface area contributed by atoms with Crippen molar-refractivity contribution in [3.05, 3.63) is 53.6 Å². The second-order valence-electron chi connectivity index (χ2n) is 7.43. The van der Waals surface area contributed by atoms with Crippen molar-refractivity contribution in [2.24, 2.45) is 0 Å². The fraction of sp³-hybridized carbons (Fsp3) is 0.316. The van der Waals surface area contributed by atoms with Gasteiger partial charge in [-0.2, -0.15) is 0 Å². The Morgan fingerprint density at radius 2 is 1.73 bits per heavy atom. The van der Waals surface area contributed by atoms with E-state index in [0.29, 0.717) is 29.9 Å². The van der Waals surface area contributed by atoms with Crippen LogP contribution in [0, 0.1) is 0 Å². The Bertz CT molecular complexity index is 1190. The average molecular weight is 451 g/mol. The van der Waals surface area contributed by atoms with Gasteiger partial charge in [0.25, 0.3) is 5.91 Å². The molecule has 30 heavy (non-hydrogen) atoms. The van der Waals surface area contributed by atoms with Gasteiger partial charge in [-0.3, -0.25) is 20.0 Å². The standard InChI is InChI=1S/C19H22N4O5S2/c1-29(25,26)23-11-10-13-12-14(2-9-18(13)23)19(24)21-20-15-5-7-17(8-6-15)30(27,28)22-16-3-4-16/h2,5-9,12,16,20,22H,3-4,10-11H2,1H3,(H,21,24). The number of hydrazine groups is 1. The monoisotopic (exact) mass is 450 g/mol. The van der Waals surface area contributed by atoms with Gasteiger partial charge in [-0.05, 0) is 67.3 Å². The highest BCUT2D eigenvalue weighted by Gasteiger charge is 2.28. The number of nitrogens with one attached hydrogen (secondary N) is 3. The predicted octanol–water partition coefficient (Wildman–Crippen LogP) is 1.21. The Balaban J connectivity index is 1.39. The molecule has 0 aromatic heterocycles. The van der Waals surface area contributed by atoms with E-state index < -0.39 is 20.0 Å². The summed E-state index contributed by atoms with van der Waals surface area (Å²) in [5, 5.41) is 0. The number of carbonyl (C=O) groups excluding carboxylic acids is 1. The van der Waals surface area contributed by atoms with Gasteiger partial charge in [0.1, 0.15) is 0 Å². The van der Waals surface area contributed by atoms with Gasteiger partial charge in [-0.1, -0.05) is 0 Å². The van der Waals surface area contributed by atoms with Crippen molar-refractivity contribution in [2.75, 3.05) is 22.5 Å². The van der Waals surface area contributed by atoms with Gasteiger partial charge in [0.15, 0.2) is 0 Å². The van der Waals surface area contributed by atoms with E-state index in [1.807, 2.05) is 0 Å². The van der Waals surface area contributed by atoms with Crippen LogP contribution in [0.25, 0.3) is 0 Å². The summed E-state index contributed by atoms with van der Waals surface area (Å²) in [5.41, 5.74) is 7.63. The summed E-state index contributed by atoms with van der Waals surface area (Å²) in [6, 6.07) is 11.0. The molecule has 2 aromatic carbocycles. The highest BCUT2D eigenvalue weighted by atomic mass is 32.2. The Kier molecular flexibility index (Phi) is 5.20. The number of nitrogens with zero attached hydrogens (tertiary/aromatic N) is 1. The van der Waals surface area contributed by atoms with Crippen LogP contribution in [-0.4, -0.2) is 41.6 Å². The maximum absolute atomic E-state index is 12.4. The molecule has 0 bridgehead atoms. The first-order valence-corrected chi connectivity index (χ1v) is 12.8. The third-order valence-corrected chi connectivity index (χ3v) is 7.70. The SMILES string of the molecule is CS(=O)(=O)N1CCc2cc(C(=O)NNc3ccc(S(=O)(=O)NC4CC4)cc3)ccc21. The second kappa shape index (κ2) is 7.56. The zero-order chi connectivity index (χ0) is 21.5. The molecule has 1 saturated carbocycles. The van der Waals surface area contributed by atoms with Crippen LogP contribution in [0.1, 0.15) is 28.8 Å². The van der Waals surface area contributed by atoms with Gasteiger partial charge in [0.2, 0.25) is 20.0 Å². The number of sulfonamides is 2. The molecule has 0 saturated heterocycles. The maximum Gasteiger partial charge on any atom is 0.269 e. The van der Waals surface area contributed by atoms with Crippen LogP contribution >= 0.6 is 0 Å².